The third-order valence-electron chi connectivity index (χ3n) is 9.22. The third kappa shape index (κ3) is 4.46. The summed E-state index contributed by atoms with van der Waals surface area (Å²) in [6.45, 7) is 9.46. The topological polar surface area (TPSA) is 88.7 Å². The van der Waals surface area contributed by atoms with Crippen LogP contribution in [-0.4, -0.2) is 79.7 Å². The number of para-hydroxylation sites is 1. The van der Waals surface area contributed by atoms with E-state index in [-0.39, 0.29) is 34.3 Å². The van der Waals surface area contributed by atoms with E-state index in [2.05, 4.69) is 16.7 Å². The lowest BCUT2D eigenvalue weighted by atomic mass is 9.88. The average Bonchev–Trinajstić information content (AvgIpc) is 3.24. The molecule has 0 amide bonds. The fraction of sp³-hybridized carbons (Fsp3) is 0.452. The van der Waals surface area contributed by atoms with Crippen LogP contribution in [0.2, 0.25) is 0 Å². The van der Waals surface area contributed by atoms with Gasteiger partial charge < -0.3 is 14.7 Å². The van der Waals surface area contributed by atoms with Crippen LogP contribution in [0, 0.1) is 5.41 Å². The second-order valence-corrected chi connectivity index (χ2v) is 13.3. The number of halogens is 3. The zero-order valence-electron chi connectivity index (χ0n) is 24.6. The Labute approximate surface area is 255 Å². The maximum atomic E-state index is 15.2. The second-order valence-electron chi connectivity index (χ2n) is 12.3. The summed E-state index contributed by atoms with van der Waals surface area (Å²) in [6.07, 6.45) is -2.47. The molecule has 5 heterocycles. The van der Waals surface area contributed by atoms with E-state index in [0.717, 1.165) is 5.39 Å². The van der Waals surface area contributed by atoms with Crippen molar-refractivity contribution in [2.45, 2.75) is 49.8 Å². The Bertz CT molecular complexity index is 1870. The number of aromatic nitrogens is 4. The Morgan fingerprint density at radius 2 is 1.98 bits per heavy atom. The molecular formula is C31H33F3N6O3S. The number of aliphatic hydroxyl groups excluding tert-OH is 1. The lowest BCUT2D eigenvalue weighted by Crippen LogP contribution is -2.59. The zero-order valence-corrected chi connectivity index (χ0v) is 25.5. The summed E-state index contributed by atoms with van der Waals surface area (Å²) >= 11 is 1.36. The number of hydrogen-bond donors (Lipinski definition) is 1. The summed E-state index contributed by atoms with van der Waals surface area (Å²) in [5.74, 6) is 0.728. The molecule has 1 spiro atoms. The Morgan fingerprint density at radius 1 is 1.20 bits per heavy atom. The summed E-state index contributed by atoms with van der Waals surface area (Å²) < 4.78 is 54.4. The largest absolute Gasteiger partial charge is 0.417 e. The highest BCUT2D eigenvalue weighted by Gasteiger charge is 2.45. The van der Waals surface area contributed by atoms with Crippen LogP contribution in [0.25, 0.3) is 32.9 Å². The zero-order chi connectivity index (χ0) is 31.1. The van der Waals surface area contributed by atoms with Crippen LogP contribution in [-0.2, 0) is 24.5 Å². The highest BCUT2D eigenvalue weighted by atomic mass is 32.2. The van der Waals surface area contributed by atoms with Crippen molar-refractivity contribution in [1.82, 2.24) is 24.2 Å². The Kier molecular flexibility index (Phi) is 6.88. The number of fused-ring (bicyclic) bond motifs is 1. The number of hydrogen-bond acceptors (Lipinski definition) is 8. The molecule has 1 N–H and O–H groups in total. The first-order valence-electron chi connectivity index (χ1n) is 14.6. The Morgan fingerprint density at radius 3 is 2.66 bits per heavy atom. The molecule has 0 aliphatic carbocycles. The van der Waals surface area contributed by atoms with E-state index in [1.807, 2.05) is 29.7 Å². The molecule has 3 aliphatic heterocycles. The summed E-state index contributed by atoms with van der Waals surface area (Å²) in [5.41, 5.74) is -0.158. The molecule has 0 bridgehead atoms. The highest BCUT2D eigenvalue weighted by molar-refractivity contribution is 7.99. The van der Waals surface area contributed by atoms with Gasteiger partial charge in [0.25, 0.3) is 0 Å². The van der Waals surface area contributed by atoms with Gasteiger partial charge in [0.1, 0.15) is 12.0 Å². The lowest BCUT2D eigenvalue weighted by Gasteiger charge is -2.46. The number of benzene rings is 2. The average molecular weight is 627 g/mol. The van der Waals surface area contributed by atoms with E-state index >= 15 is 13.2 Å². The first-order valence-corrected chi connectivity index (χ1v) is 15.5. The first kappa shape index (κ1) is 29.3. The van der Waals surface area contributed by atoms with E-state index in [1.165, 1.54) is 23.9 Å². The predicted molar refractivity (Wildman–Crippen MR) is 164 cm³/mol. The molecule has 7 rings (SSSR count). The second kappa shape index (κ2) is 10.3. The van der Waals surface area contributed by atoms with E-state index in [4.69, 9.17) is 4.74 Å². The molecule has 2 aromatic carbocycles. The van der Waals surface area contributed by atoms with Crippen molar-refractivity contribution in [2.75, 3.05) is 37.0 Å². The van der Waals surface area contributed by atoms with Crippen LogP contribution in [0.5, 0.6) is 0 Å². The van der Waals surface area contributed by atoms with E-state index in [1.54, 1.807) is 34.6 Å². The molecule has 4 aromatic rings. The van der Waals surface area contributed by atoms with Gasteiger partial charge in [0.2, 0.25) is 0 Å². The van der Waals surface area contributed by atoms with Gasteiger partial charge >= 0.3 is 11.9 Å². The van der Waals surface area contributed by atoms with Gasteiger partial charge in [-0.25, -0.2) is 4.79 Å². The van der Waals surface area contributed by atoms with Gasteiger partial charge in [-0.05, 0) is 26.0 Å². The van der Waals surface area contributed by atoms with E-state index in [9.17, 15) is 9.90 Å². The van der Waals surface area contributed by atoms with Gasteiger partial charge in [-0.1, -0.05) is 24.8 Å². The predicted octanol–water partition coefficient (Wildman–Crippen LogP) is 4.49. The first-order chi connectivity index (χ1) is 20.9. The Balaban J connectivity index is 1.54. The van der Waals surface area contributed by atoms with Gasteiger partial charge in [0.05, 0.1) is 36.0 Å². The minimum atomic E-state index is -4.70. The molecule has 232 valence electrons. The number of anilines is 1. The van der Waals surface area contributed by atoms with Crippen molar-refractivity contribution in [3.05, 3.63) is 59.2 Å². The number of piperazine rings is 1. The lowest BCUT2D eigenvalue weighted by molar-refractivity contribution is -0.137. The molecule has 2 fully saturated rings. The molecule has 0 saturated carbocycles. The van der Waals surface area contributed by atoms with Crippen LogP contribution < -0.4 is 10.6 Å². The summed E-state index contributed by atoms with van der Waals surface area (Å²) in [6, 6.07) is 6.02. The molecule has 0 radical (unpaired) electrons. The molecule has 44 heavy (non-hydrogen) atoms. The maximum absolute atomic E-state index is 15.2. The fourth-order valence-electron chi connectivity index (χ4n) is 6.95. The Hall–Kier alpha value is -3.39. The van der Waals surface area contributed by atoms with E-state index < -0.39 is 23.7 Å². The normalized spacial score (nSPS) is 22.8. The molecular weight excluding hydrogens is 593 g/mol. The number of thioether (sulfide) groups is 1. The molecule has 9 nitrogen and oxygen atoms in total. The van der Waals surface area contributed by atoms with Crippen molar-refractivity contribution in [1.29, 1.82) is 0 Å². The summed E-state index contributed by atoms with van der Waals surface area (Å²) in [7, 11) is 1.72. The molecule has 2 saturated heterocycles. The van der Waals surface area contributed by atoms with Crippen molar-refractivity contribution in [3.8, 4) is 11.1 Å². The number of rotatable bonds is 4. The molecule has 3 atom stereocenters. The minimum Gasteiger partial charge on any atom is -0.380 e. The number of ether oxygens (including phenoxy) is 1. The monoisotopic (exact) mass is 626 g/mol. The van der Waals surface area contributed by atoms with Gasteiger partial charge in [-0.2, -0.15) is 23.3 Å². The van der Waals surface area contributed by atoms with Gasteiger partial charge in [-0.15, -0.1) is 11.8 Å². The van der Waals surface area contributed by atoms with E-state index in [0.29, 0.717) is 60.1 Å². The van der Waals surface area contributed by atoms with Crippen molar-refractivity contribution in [3.63, 3.8) is 0 Å². The standard InChI is InChI=1S/C31H33F3N6O3S/c1-5-23(41)38-11-18(3)39(12-17(38)2)28-21-9-22(31(32,33)34)24(20-8-6-7-19-10-35-37(4)25(19)20)27-26(21)40(29(42)36-28)13-30(16-44-27)14-43-15-30/h5-10,17-18,23,41H,1,11-16H2,2-4H3/t17-,18+,23?/m1/s1. The quantitative estimate of drug-likeness (QED) is 0.332. The third-order valence-corrected chi connectivity index (χ3v) is 10.7. The SMILES string of the molecule is C=CC(O)N1C[C@H](C)N(c2nc(=O)n3c4c(c(-c5cccc6cnn(C)c56)c(C(F)(F)F)cc24)SCC2(COC2)C3)C[C@H]1C. The van der Waals surface area contributed by atoms with Gasteiger partial charge in [-0.3, -0.25) is 14.1 Å². The van der Waals surface area contributed by atoms with Gasteiger partial charge in [0, 0.05) is 76.7 Å². The molecule has 13 heteroatoms. The number of aryl methyl sites for hydroxylation is 1. The number of nitrogens with zero attached hydrogens (tertiary/aromatic N) is 6. The highest BCUT2D eigenvalue weighted by Crippen LogP contribution is 2.52. The molecule has 3 aliphatic rings. The fourth-order valence-corrected chi connectivity index (χ4v) is 8.38. The van der Waals surface area contributed by atoms with Crippen LogP contribution in [0.1, 0.15) is 19.4 Å². The summed E-state index contributed by atoms with van der Waals surface area (Å²) in [5, 5.41) is 15.8. The summed E-state index contributed by atoms with van der Waals surface area (Å²) in [4.78, 5) is 22.6. The molecule has 2 aromatic heterocycles. The van der Waals surface area contributed by atoms with Crippen LogP contribution in [0.4, 0.5) is 19.0 Å². The van der Waals surface area contributed by atoms with Crippen molar-refractivity contribution < 1.29 is 23.0 Å². The van der Waals surface area contributed by atoms with Crippen molar-refractivity contribution in [2.24, 2.45) is 12.5 Å². The number of alkyl halides is 3. The smallest absolute Gasteiger partial charge is 0.380 e. The number of aliphatic hydroxyl groups is 1. The van der Waals surface area contributed by atoms with Crippen LogP contribution >= 0.6 is 11.8 Å². The van der Waals surface area contributed by atoms with Crippen LogP contribution in [0.3, 0.4) is 0 Å². The van der Waals surface area contributed by atoms with Crippen LogP contribution in [0.15, 0.2) is 52.8 Å². The maximum Gasteiger partial charge on any atom is 0.417 e. The minimum absolute atomic E-state index is 0.0483. The molecule has 1 unspecified atom stereocenters. The van der Waals surface area contributed by atoms with Crippen molar-refractivity contribution >= 4 is 39.4 Å². The van der Waals surface area contributed by atoms with Gasteiger partial charge in [0.15, 0.2) is 0 Å².